The van der Waals surface area contributed by atoms with E-state index < -0.39 is 24.2 Å². The number of halogens is 3. The number of rotatable bonds is 5. The monoisotopic (exact) mass is 444 g/mol. The molecule has 32 heavy (non-hydrogen) atoms. The smallest absolute Gasteiger partial charge is 0.410 e. The molecule has 1 aliphatic rings. The lowest BCUT2D eigenvalue weighted by atomic mass is 9.96. The highest BCUT2D eigenvalue weighted by molar-refractivity contribution is 6.07. The van der Waals surface area contributed by atoms with Crippen LogP contribution in [0.3, 0.4) is 0 Å². The van der Waals surface area contributed by atoms with Crippen LogP contribution in [0.5, 0.6) is 5.75 Å². The van der Waals surface area contributed by atoms with Gasteiger partial charge in [0.25, 0.3) is 5.91 Å². The number of carbonyl (C=O) groups is 1. The van der Waals surface area contributed by atoms with Gasteiger partial charge in [0.1, 0.15) is 17.1 Å². The molecule has 9 heteroatoms. The number of hydrogen-bond donors (Lipinski definition) is 2. The lowest BCUT2D eigenvalue weighted by Gasteiger charge is -2.34. The van der Waals surface area contributed by atoms with Gasteiger partial charge >= 0.3 is 6.18 Å². The van der Waals surface area contributed by atoms with E-state index in [1.807, 2.05) is 19.1 Å². The summed E-state index contributed by atoms with van der Waals surface area (Å²) in [5, 5.41) is 9.73. The first-order valence-electron chi connectivity index (χ1n) is 10.2. The molecule has 1 aliphatic heterocycles. The van der Waals surface area contributed by atoms with E-state index in [-0.39, 0.29) is 17.8 Å². The quantitative estimate of drug-likeness (QED) is 0.556. The molecule has 0 bridgehead atoms. The number of hydrogen-bond acceptors (Lipinski definition) is 4. The largest absolute Gasteiger partial charge is 0.497 e. The zero-order valence-corrected chi connectivity index (χ0v) is 17.6. The molecule has 0 saturated carbocycles. The van der Waals surface area contributed by atoms with Gasteiger partial charge in [-0.1, -0.05) is 31.2 Å². The molecule has 0 saturated heterocycles. The average Bonchev–Trinajstić information content (AvgIpc) is 3.22. The Morgan fingerprint density at radius 2 is 2.00 bits per heavy atom. The Morgan fingerprint density at radius 1 is 1.25 bits per heavy atom. The van der Waals surface area contributed by atoms with Crippen LogP contribution in [0, 0.1) is 0 Å². The van der Waals surface area contributed by atoms with Crippen LogP contribution >= 0.6 is 0 Å². The van der Waals surface area contributed by atoms with Gasteiger partial charge in [0.2, 0.25) is 0 Å². The molecule has 0 fully saturated rings. The highest BCUT2D eigenvalue weighted by atomic mass is 19.4. The molecule has 0 aliphatic carbocycles. The molecule has 2 aromatic carbocycles. The normalized spacial score (nSPS) is 17.9. The molecule has 2 N–H and O–H groups in total. The van der Waals surface area contributed by atoms with E-state index in [2.05, 4.69) is 15.7 Å². The predicted octanol–water partition coefficient (Wildman–Crippen LogP) is 5.37. The van der Waals surface area contributed by atoms with Gasteiger partial charge in [0, 0.05) is 12.1 Å². The predicted molar refractivity (Wildman–Crippen MR) is 115 cm³/mol. The van der Waals surface area contributed by atoms with Crippen molar-refractivity contribution in [1.82, 2.24) is 9.78 Å². The molecule has 2 heterocycles. The van der Waals surface area contributed by atoms with Gasteiger partial charge in [-0.3, -0.25) is 4.79 Å². The minimum Gasteiger partial charge on any atom is -0.497 e. The number of methoxy groups -OCH3 is 1. The van der Waals surface area contributed by atoms with Crippen LogP contribution in [-0.2, 0) is 6.42 Å². The number of anilines is 2. The Kier molecular flexibility index (Phi) is 5.82. The number of nitrogens with one attached hydrogen (secondary N) is 2. The third-order valence-corrected chi connectivity index (χ3v) is 5.60. The first-order chi connectivity index (χ1) is 15.3. The Bertz CT molecular complexity index is 1110. The number of alkyl halides is 3. The number of aryl methyl sites for hydroxylation is 1. The van der Waals surface area contributed by atoms with Gasteiger partial charge in [0.15, 0.2) is 6.04 Å². The molecule has 2 atom stereocenters. The van der Waals surface area contributed by atoms with E-state index in [4.69, 9.17) is 4.74 Å². The fourth-order valence-electron chi connectivity index (χ4n) is 3.83. The summed E-state index contributed by atoms with van der Waals surface area (Å²) < 4.78 is 47.7. The van der Waals surface area contributed by atoms with Gasteiger partial charge < -0.3 is 15.4 Å². The zero-order valence-electron chi connectivity index (χ0n) is 17.6. The van der Waals surface area contributed by atoms with E-state index in [1.165, 1.54) is 13.3 Å². The summed E-state index contributed by atoms with van der Waals surface area (Å²) in [5.74, 6) is 0.0460. The Hall–Kier alpha value is -3.49. The first kappa shape index (κ1) is 21.7. The second-order valence-corrected chi connectivity index (χ2v) is 7.62. The number of ether oxygens (including phenoxy) is 1. The molecular weight excluding hydrogens is 421 g/mol. The van der Waals surface area contributed by atoms with Crippen LogP contribution < -0.4 is 15.4 Å². The number of fused-ring (bicyclic) bond motifs is 1. The van der Waals surface area contributed by atoms with Crippen molar-refractivity contribution in [2.24, 2.45) is 0 Å². The summed E-state index contributed by atoms with van der Waals surface area (Å²) in [5.41, 5.74) is 2.35. The third kappa shape index (κ3) is 4.28. The van der Waals surface area contributed by atoms with Gasteiger partial charge in [-0.2, -0.15) is 18.3 Å². The van der Waals surface area contributed by atoms with Crippen molar-refractivity contribution in [2.45, 2.75) is 38.0 Å². The SMILES string of the molecule is CCc1ccc(NC(=O)c2cnn3c2N[C@H](c2cccc(OC)c2)C[C@@H]3C(F)(F)F)cc1. The number of aromatic nitrogens is 2. The molecule has 1 aromatic heterocycles. The van der Waals surface area contributed by atoms with E-state index >= 15 is 0 Å². The Morgan fingerprint density at radius 3 is 2.66 bits per heavy atom. The van der Waals surface area contributed by atoms with Crippen LogP contribution in [0.1, 0.15) is 46.9 Å². The number of amides is 1. The van der Waals surface area contributed by atoms with E-state index in [0.29, 0.717) is 17.0 Å². The van der Waals surface area contributed by atoms with Crippen molar-refractivity contribution < 1.29 is 22.7 Å². The molecule has 0 radical (unpaired) electrons. The molecule has 0 spiro atoms. The number of benzene rings is 2. The summed E-state index contributed by atoms with van der Waals surface area (Å²) in [6, 6.07) is 11.6. The molecule has 0 unspecified atom stereocenters. The van der Waals surface area contributed by atoms with E-state index in [0.717, 1.165) is 16.7 Å². The molecule has 168 valence electrons. The minimum absolute atomic E-state index is 0.0362. The van der Waals surface area contributed by atoms with Gasteiger partial charge in [-0.25, -0.2) is 4.68 Å². The third-order valence-electron chi connectivity index (χ3n) is 5.60. The Labute approximate surface area is 183 Å². The standard InChI is InChI=1S/C23H23F3N4O2/c1-3-14-7-9-16(10-8-14)28-22(31)18-13-27-30-20(23(24,25)26)12-19(29-21(18)30)15-5-4-6-17(11-15)32-2/h4-11,13,19-20,29H,3,12H2,1-2H3,(H,28,31)/t19-,20+/m0/s1. The summed E-state index contributed by atoms with van der Waals surface area (Å²) in [6.45, 7) is 2.02. The molecular formula is C23H23F3N4O2. The summed E-state index contributed by atoms with van der Waals surface area (Å²) in [4.78, 5) is 12.9. The summed E-state index contributed by atoms with van der Waals surface area (Å²) in [6.07, 6.45) is -2.75. The zero-order chi connectivity index (χ0) is 22.9. The fraction of sp³-hybridized carbons (Fsp3) is 0.304. The summed E-state index contributed by atoms with van der Waals surface area (Å²) in [7, 11) is 1.50. The number of nitrogens with zero attached hydrogens (tertiary/aromatic N) is 2. The van der Waals surface area contributed by atoms with E-state index in [9.17, 15) is 18.0 Å². The highest BCUT2D eigenvalue weighted by Crippen LogP contribution is 2.44. The second kappa shape index (κ2) is 8.57. The van der Waals surface area contributed by atoms with Crippen molar-refractivity contribution in [3.63, 3.8) is 0 Å². The topological polar surface area (TPSA) is 68.2 Å². The summed E-state index contributed by atoms with van der Waals surface area (Å²) >= 11 is 0. The van der Waals surface area contributed by atoms with Crippen LogP contribution in [0.4, 0.5) is 24.7 Å². The van der Waals surface area contributed by atoms with Crippen LogP contribution in [-0.4, -0.2) is 29.0 Å². The van der Waals surface area contributed by atoms with Crippen molar-refractivity contribution in [3.8, 4) is 5.75 Å². The second-order valence-electron chi connectivity index (χ2n) is 7.62. The molecule has 1 amide bonds. The lowest BCUT2D eigenvalue weighted by molar-refractivity contribution is -0.173. The maximum atomic E-state index is 13.9. The van der Waals surface area contributed by atoms with Gasteiger partial charge in [-0.15, -0.1) is 0 Å². The van der Waals surface area contributed by atoms with Crippen molar-refractivity contribution >= 4 is 17.4 Å². The van der Waals surface area contributed by atoms with Gasteiger partial charge in [0.05, 0.1) is 19.3 Å². The average molecular weight is 444 g/mol. The first-order valence-corrected chi connectivity index (χ1v) is 10.2. The maximum Gasteiger partial charge on any atom is 0.410 e. The fourth-order valence-corrected chi connectivity index (χ4v) is 3.83. The molecule has 4 rings (SSSR count). The van der Waals surface area contributed by atoms with Crippen LogP contribution in [0.2, 0.25) is 0 Å². The van der Waals surface area contributed by atoms with Crippen molar-refractivity contribution in [2.75, 3.05) is 17.7 Å². The maximum absolute atomic E-state index is 13.9. The molecule has 6 nitrogen and oxygen atoms in total. The van der Waals surface area contributed by atoms with Crippen LogP contribution in [0.15, 0.2) is 54.7 Å². The minimum atomic E-state index is -4.52. The van der Waals surface area contributed by atoms with Crippen molar-refractivity contribution in [3.05, 3.63) is 71.4 Å². The lowest BCUT2D eigenvalue weighted by Crippen LogP contribution is -2.36. The molecule has 3 aromatic rings. The van der Waals surface area contributed by atoms with E-state index in [1.54, 1.807) is 36.4 Å². The van der Waals surface area contributed by atoms with Crippen molar-refractivity contribution in [1.29, 1.82) is 0 Å². The van der Waals surface area contributed by atoms with Gasteiger partial charge in [-0.05, 0) is 41.8 Å². The highest BCUT2D eigenvalue weighted by Gasteiger charge is 2.47. The Balaban J connectivity index is 1.66. The van der Waals surface area contributed by atoms with Crippen LogP contribution in [0.25, 0.3) is 0 Å². The number of carbonyl (C=O) groups excluding carboxylic acids is 1.